The van der Waals surface area contributed by atoms with E-state index in [-0.39, 0.29) is 0 Å². The topological polar surface area (TPSA) is 74.1 Å². The second-order valence-corrected chi connectivity index (χ2v) is 5.27. The van der Waals surface area contributed by atoms with Crippen LogP contribution in [0.2, 0.25) is 0 Å². The SMILES string of the molecule is Cc1nn(C)c2ncc(OS(=O)(=O)C(F)(F)F)cc12. The van der Waals surface area contributed by atoms with E-state index in [2.05, 4.69) is 14.3 Å². The lowest BCUT2D eigenvalue weighted by Crippen LogP contribution is -2.28. The van der Waals surface area contributed by atoms with Gasteiger partial charge in [-0.3, -0.25) is 4.68 Å². The molecule has 0 spiro atoms. The Morgan fingerprint density at radius 1 is 1.37 bits per heavy atom. The molecular weight excluding hydrogens is 287 g/mol. The number of fused-ring (bicyclic) bond motifs is 1. The van der Waals surface area contributed by atoms with E-state index in [0.29, 0.717) is 16.7 Å². The molecule has 2 rings (SSSR count). The summed E-state index contributed by atoms with van der Waals surface area (Å²) in [5, 5.41) is 4.42. The molecule has 0 aliphatic carbocycles. The predicted molar refractivity (Wildman–Crippen MR) is 58.8 cm³/mol. The van der Waals surface area contributed by atoms with E-state index < -0.39 is 21.4 Å². The number of nitrogens with zero attached hydrogens (tertiary/aromatic N) is 3. The van der Waals surface area contributed by atoms with Crippen LogP contribution in [0.4, 0.5) is 13.2 Å². The van der Waals surface area contributed by atoms with Crippen LogP contribution in [-0.4, -0.2) is 28.7 Å². The minimum Gasteiger partial charge on any atom is -0.374 e. The standard InChI is InChI=1S/C9H8F3N3O3S/c1-5-7-3-6(4-13-8(7)15(2)14-5)18-19(16,17)9(10,11)12/h3-4H,1-2H3. The van der Waals surface area contributed by atoms with E-state index in [1.54, 1.807) is 14.0 Å². The van der Waals surface area contributed by atoms with Gasteiger partial charge in [0.2, 0.25) is 0 Å². The molecule has 0 aliphatic rings. The minimum absolute atomic E-state index is 0.411. The molecule has 19 heavy (non-hydrogen) atoms. The number of aromatic nitrogens is 3. The zero-order valence-electron chi connectivity index (χ0n) is 9.76. The summed E-state index contributed by atoms with van der Waals surface area (Å²) in [6.07, 6.45) is 0.896. The van der Waals surface area contributed by atoms with Crippen molar-refractivity contribution in [3.8, 4) is 5.75 Å². The fraction of sp³-hybridized carbons (Fsp3) is 0.333. The van der Waals surface area contributed by atoms with Crippen molar-refractivity contribution in [2.24, 2.45) is 7.05 Å². The maximum Gasteiger partial charge on any atom is 0.534 e. The highest BCUT2D eigenvalue weighted by Crippen LogP contribution is 2.28. The first-order valence-corrected chi connectivity index (χ1v) is 6.33. The number of hydrogen-bond acceptors (Lipinski definition) is 5. The molecule has 0 bridgehead atoms. The van der Waals surface area contributed by atoms with Gasteiger partial charge in [-0.2, -0.15) is 26.7 Å². The molecule has 0 atom stereocenters. The third-order valence-electron chi connectivity index (χ3n) is 2.33. The predicted octanol–water partition coefficient (Wildman–Crippen LogP) is 1.51. The van der Waals surface area contributed by atoms with Gasteiger partial charge in [0.25, 0.3) is 0 Å². The van der Waals surface area contributed by atoms with Crippen molar-refractivity contribution in [2.75, 3.05) is 0 Å². The monoisotopic (exact) mass is 295 g/mol. The molecule has 0 saturated heterocycles. The highest BCUT2D eigenvalue weighted by molar-refractivity contribution is 7.88. The lowest BCUT2D eigenvalue weighted by Gasteiger charge is -2.08. The summed E-state index contributed by atoms with van der Waals surface area (Å²) < 4.78 is 63.6. The Morgan fingerprint density at radius 2 is 2.00 bits per heavy atom. The first kappa shape index (κ1) is 13.6. The Balaban J connectivity index is 2.46. The van der Waals surface area contributed by atoms with Crippen LogP contribution in [0.5, 0.6) is 5.75 Å². The van der Waals surface area contributed by atoms with Gasteiger partial charge in [0.1, 0.15) is 0 Å². The number of halogens is 3. The number of pyridine rings is 1. The van der Waals surface area contributed by atoms with Gasteiger partial charge in [-0.05, 0) is 13.0 Å². The largest absolute Gasteiger partial charge is 0.534 e. The zero-order valence-corrected chi connectivity index (χ0v) is 10.6. The molecule has 2 heterocycles. The lowest BCUT2D eigenvalue weighted by molar-refractivity contribution is -0.0500. The molecule has 0 aliphatic heterocycles. The average molecular weight is 295 g/mol. The molecule has 0 amide bonds. The van der Waals surface area contributed by atoms with Crippen LogP contribution in [-0.2, 0) is 17.2 Å². The summed E-state index contributed by atoms with van der Waals surface area (Å²) >= 11 is 0. The van der Waals surface area contributed by atoms with Crippen LogP contribution in [0.15, 0.2) is 12.3 Å². The van der Waals surface area contributed by atoms with E-state index >= 15 is 0 Å². The van der Waals surface area contributed by atoms with Crippen molar-refractivity contribution < 1.29 is 25.8 Å². The Kier molecular flexibility index (Phi) is 2.92. The normalized spacial score (nSPS) is 12.9. The maximum absolute atomic E-state index is 12.2. The molecule has 104 valence electrons. The molecule has 0 saturated carbocycles. The van der Waals surface area contributed by atoms with Crippen molar-refractivity contribution in [3.63, 3.8) is 0 Å². The fourth-order valence-electron chi connectivity index (χ4n) is 1.51. The van der Waals surface area contributed by atoms with E-state index in [1.807, 2.05) is 0 Å². The maximum atomic E-state index is 12.2. The van der Waals surface area contributed by atoms with E-state index in [0.717, 1.165) is 12.3 Å². The Bertz CT molecular complexity index is 736. The summed E-state index contributed by atoms with van der Waals surface area (Å²) in [6, 6.07) is 1.15. The number of aryl methyl sites for hydroxylation is 2. The van der Waals surface area contributed by atoms with Crippen LogP contribution in [0.3, 0.4) is 0 Å². The second kappa shape index (κ2) is 4.08. The molecule has 0 radical (unpaired) electrons. The number of alkyl halides is 3. The van der Waals surface area contributed by atoms with E-state index in [9.17, 15) is 21.6 Å². The van der Waals surface area contributed by atoms with Crippen molar-refractivity contribution in [1.29, 1.82) is 0 Å². The van der Waals surface area contributed by atoms with Gasteiger partial charge in [0.05, 0.1) is 11.9 Å². The number of rotatable bonds is 2. The van der Waals surface area contributed by atoms with Crippen LogP contribution in [0.25, 0.3) is 11.0 Å². The van der Waals surface area contributed by atoms with Gasteiger partial charge in [-0.25, -0.2) is 4.98 Å². The van der Waals surface area contributed by atoms with Gasteiger partial charge >= 0.3 is 15.6 Å². The van der Waals surface area contributed by atoms with Crippen molar-refractivity contribution in [3.05, 3.63) is 18.0 Å². The third kappa shape index (κ3) is 2.35. The van der Waals surface area contributed by atoms with E-state index in [4.69, 9.17) is 0 Å². The minimum atomic E-state index is -5.69. The van der Waals surface area contributed by atoms with Crippen molar-refractivity contribution in [1.82, 2.24) is 14.8 Å². The molecular formula is C9H8F3N3O3S. The fourth-order valence-corrected chi connectivity index (χ4v) is 1.95. The summed E-state index contributed by atoms with van der Waals surface area (Å²) in [7, 11) is -4.09. The van der Waals surface area contributed by atoms with Crippen LogP contribution < -0.4 is 4.18 Å². The summed E-state index contributed by atoms with van der Waals surface area (Å²) in [6.45, 7) is 1.62. The molecule has 0 N–H and O–H groups in total. The third-order valence-corrected chi connectivity index (χ3v) is 3.31. The lowest BCUT2D eigenvalue weighted by atomic mass is 10.3. The average Bonchev–Trinajstić information content (AvgIpc) is 2.52. The summed E-state index contributed by atoms with van der Waals surface area (Å²) in [5.74, 6) is -0.513. The van der Waals surface area contributed by atoms with Gasteiger partial charge in [0, 0.05) is 12.4 Å². The molecule has 0 fully saturated rings. The summed E-state index contributed by atoms with van der Waals surface area (Å²) in [5.41, 5.74) is -4.57. The van der Waals surface area contributed by atoms with Gasteiger partial charge < -0.3 is 4.18 Å². The first-order valence-electron chi connectivity index (χ1n) is 4.92. The Labute approximate surface area is 105 Å². The van der Waals surface area contributed by atoms with Crippen LogP contribution >= 0.6 is 0 Å². The second-order valence-electron chi connectivity index (χ2n) is 3.73. The van der Waals surface area contributed by atoms with Crippen molar-refractivity contribution >= 4 is 21.2 Å². The molecule has 0 aromatic carbocycles. The molecule has 0 unspecified atom stereocenters. The highest BCUT2D eigenvalue weighted by atomic mass is 32.2. The molecule has 6 nitrogen and oxygen atoms in total. The van der Waals surface area contributed by atoms with E-state index in [1.165, 1.54) is 4.68 Å². The van der Waals surface area contributed by atoms with Gasteiger partial charge in [0.15, 0.2) is 11.4 Å². The van der Waals surface area contributed by atoms with Gasteiger partial charge in [-0.1, -0.05) is 0 Å². The van der Waals surface area contributed by atoms with Crippen LogP contribution in [0.1, 0.15) is 5.69 Å². The zero-order chi connectivity index (χ0) is 14.4. The molecule has 10 heteroatoms. The number of hydrogen-bond donors (Lipinski definition) is 0. The first-order chi connectivity index (χ1) is 8.62. The highest BCUT2D eigenvalue weighted by Gasteiger charge is 2.48. The van der Waals surface area contributed by atoms with Gasteiger partial charge in [-0.15, -0.1) is 0 Å². The molecule has 2 aromatic heterocycles. The summed E-state index contributed by atoms with van der Waals surface area (Å²) in [4.78, 5) is 3.81. The van der Waals surface area contributed by atoms with Crippen molar-refractivity contribution in [2.45, 2.75) is 12.4 Å². The Hall–Kier alpha value is -1.84. The smallest absolute Gasteiger partial charge is 0.374 e. The Morgan fingerprint density at radius 3 is 2.58 bits per heavy atom. The quantitative estimate of drug-likeness (QED) is 0.620. The van der Waals surface area contributed by atoms with Crippen LogP contribution in [0, 0.1) is 6.92 Å². The molecule has 2 aromatic rings.